The van der Waals surface area contributed by atoms with Crippen molar-refractivity contribution in [2.24, 2.45) is 0 Å². The van der Waals surface area contributed by atoms with Gasteiger partial charge in [0.05, 0.1) is 0 Å². The molecule has 0 spiro atoms. The van der Waals surface area contributed by atoms with Crippen molar-refractivity contribution in [1.29, 1.82) is 0 Å². The van der Waals surface area contributed by atoms with E-state index in [4.69, 9.17) is 0 Å². The molecule has 0 N–H and O–H groups in total. The molecule has 4 rings (SSSR count). The molecule has 4 aromatic rings. The van der Waals surface area contributed by atoms with Gasteiger partial charge in [0, 0.05) is 26.2 Å². The molecule has 0 aliphatic rings. The molecule has 0 atom stereocenters. The van der Waals surface area contributed by atoms with Gasteiger partial charge in [-0.15, -0.1) is 69.1 Å². The number of fused-ring (bicyclic) bond motifs is 2. The number of hydrogen-bond acceptors (Lipinski definition) is 0. The molecular formula is C32H45Zr-5. The van der Waals surface area contributed by atoms with Crippen LogP contribution in [0.2, 0.25) is 0 Å². The van der Waals surface area contributed by atoms with Crippen LogP contribution in [0, 0.1) is 35.6 Å². The van der Waals surface area contributed by atoms with Crippen LogP contribution in [0.5, 0.6) is 0 Å². The van der Waals surface area contributed by atoms with E-state index in [0.717, 1.165) is 6.42 Å². The van der Waals surface area contributed by atoms with Gasteiger partial charge in [0.15, 0.2) is 0 Å². The molecule has 1 heteroatoms. The second-order valence-electron chi connectivity index (χ2n) is 8.93. The zero-order valence-corrected chi connectivity index (χ0v) is 25.0. The smallest absolute Gasteiger partial charge is 0 e. The molecule has 182 valence electrons. The summed E-state index contributed by atoms with van der Waals surface area (Å²) in [6, 6.07) is 22.2. The van der Waals surface area contributed by atoms with E-state index in [9.17, 15) is 0 Å². The Hall–Kier alpha value is -1.46. The molecule has 0 aliphatic heterocycles. The zero-order chi connectivity index (χ0) is 22.3. The van der Waals surface area contributed by atoms with Crippen LogP contribution in [0.15, 0.2) is 60.7 Å². The molecule has 4 aromatic carbocycles. The predicted octanol–water partition coefficient (Wildman–Crippen LogP) is 10.5. The fourth-order valence-corrected chi connectivity index (χ4v) is 3.82. The fraction of sp³-hybridized carbons (Fsp3) is 0.344. The number of rotatable bonds is 3. The van der Waals surface area contributed by atoms with Gasteiger partial charge >= 0.3 is 0 Å². The average Bonchev–Trinajstić information content (AvgIpc) is 3.28. The van der Waals surface area contributed by atoms with E-state index in [2.05, 4.69) is 116 Å². The first-order valence-corrected chi connectivity index (χ1v) is 11.4. The van der Waals surface area contributed by atoms with Crippen LogP contribution in [0.25, 0.3) is 21.5 Å². The summed E-state index contributed by atoms with van der Waals surface area (Å²) in [5.41, 5.74) is 5.66. The van der Waals surface area contributed by atoms with Crippen molar-refractivity contribution in [2.75, 3.05) is 0 Å². The third-order valence-electron chi connectivity index (χ3n) is 5.46. The topological polar surface area (TPSA) is 0 Å². The second-order valence-corrected chi connectivity index (χ2v) is 8.93. The average molecular weight is 521 g/mol. The predicted molar refractivity (Wildman–Crippen MR) is 150 cm³/mol. The van der Waals surface area contributed by atoms with Crippen molar-refractivity contribution >= 4 is 21.5 Å². The van der Waals surface area contributed by atoms with Gasteiger partial charge in [-0.1, -0.05) is 78.1 Å². The third-order valence-corrected chi connectivity index (χ3v) is 5.46. The Balaban J connectivity index is 0. The summed E-state index contributed by atoms with van der Waals surface area (Å²) >= 11 is 0. The van der Waals surface area contributed by atoms with Crippen molar-refractivity contribution < 1.29 is 26.2 Å². The van der Waals surface area contributed by atoms with Crippen molar-refractivity contribution in [1.82, 2.24) is 0 Å². The van der Waals surface area contributed by atoms with Crippen LogP contribution in [-0.2, 0) is 26.2 Å². The summed E-state index contributed by atoms with van der Waals surface area (Å²) in [6.45, 7) is 19.0. The maximum Gasteiger partial charge on any atom is 0 e. The van der Waals surface area contributed by atoms with Crippen LogP contribution in [-0.4, -0.2) is 0 Å². The Morgan fingerprint density at radius 1 is 0.727 bits per heavy atom. The largest absolute Gasteiger partial charge is 0.358 e. The van der Waals surface area contributed by atoms with E-state index < -0.39 is 0 Å². The van der Waals surface area contributed by atoms with Crippen molar-refractivity contribution in [3.8, 4) is 0 Å². The van der Waals surface area contributed by atoms with Gasteiger partial charge in [-0.25, -0.2) is 0 Å². The number of aryl methyl sites for hydroxylation is 2. The van der Waals surface area contributed by atoms with Crippen molar-refractivity contribution in [3.63, 3.8) is 0 Å². The molecule has 0 saturated heterocycles. The van der Waals surface area contributed by atoms with E-state index >= 15 is 0 Å². The van der Waals surface area contributed by atoms with Gasteiger partial charge in [-0.2, -0.15) is 18.6 Å². The van der Waals surface area contributed by atoms with Crippen LogP contribution in [0.1, 0.15) is 81.5 Å². The maximum absolute atomic E-state index is 3.60. The summed E-state index contributed by atoms with van der Waals surface area (Å²) < 4.78 is 0. The molecule has 0 bridgehead atoms. The molecule has 0 saturated carbocycles. The molecule has 33 heavy (non-hydrogen) atoms. The molecular weight excluding hydrogens is 476 g/mol. The first kappa shape index (κ1) is 33.7. The summed E-state index contributed by atoms with van der Waals surface area (Å²) in [5, 5.41) is 5.61. The number of hydrogen-bond donors (Lipinski definition) is 0. The van der Waals surface area contributed by atoms with Crippen LogP contribution in [0.4, 0.5) is 0 Å². The van der Waals surface area contributed by atoms with Gasteiger partial charge in [-0.3, -0.25) is 0 Å². The van der Waals surface area contributed by atoms with E-state index in [0.29, 0.717) is 11.8 Å². The molecule has 0 nitrogen and oxygen atoms in total. The number of benzene rings is 2. The first-order valence-electron chi connectivity index (χ1n) is 11.4. The molecule has 0 heterocycles. The minimum atomic E-state index is 0. The first-order chi connectivity index (χ1) is 14.3. The normalized spacial score (nSPS) is 9.88. The summed E-state index contributed by atoms with van der Waals surface area (Å²) in [6.07, 6.45) is 2.28. The molecule has 0 unspecified atom stereocenters. The van der Waals surface area contributed by atoms with Gasteiger partial charge < -0.3 is 21.8 Å². The summed E-state index contributed by atoms with van der Waals surface area (Å²) in [7, 11) is 0. The number of unbranched alkanes of at least 4 members (excludes halogenated alkanes) is 1. The minimum Gasteiger partial charge on any atom is -0.358 e. The van der Waals surface area contributed by atoms with Gasteiger partial charge in [0.25, 0.3) is 0 Å². The minimum absolute atomic E-state index is 0. The van der Waals surface area contributed by atoms with Crippen LogP contribution >= 0.6 is 0 Å². The van der Waals surface area contributed by atoms with E-state index in [1.807, 2.05) is 0 Å². The molecule has 0 radical (unpaired) electrons. The third kappa shape index (κ3) is 9.37. The molecule has 0 aliphatic carbocycles. The fourth-order valence-electron chi connectivity index (χ4n) is 3.82. The quantitative estimate of drug-likeness (QED) is 0.236. The Bertz CT molecular complexity index is 957. The van der Waals surface area contributed by atoms with E-state index in [1.54, 1.807) is 0 Å². The zero-order valence-electron chi connectivity index (χ0n) is 22.5. The van der Waals surface area contributed by atoms with Gasteiger partial charge in [0.2, 0.25) is 0 Å². The Labute approximate surface area is 224 Å². The van der Waals surface area contributed by atoms with Gasteiger partial charge in [-0.05, 0) is 11.8 Å². The van der Waals surface area contributed by atoms with Crippen molar-refractivity contribution in [3.05, 3.63) is 105 Å². The Morgan fingerprint density at radius 3 is 1.33 bits per heavy atom. The monoisotopic (exact) mass is 519 g/mol. The summed E-state index contributed by atoms with van der Waals surface area (Å²) in [5.74, 6) is 1.23. The molecule has 0 fully saturated rings. The van der Waals surface area contributed by atoms with E-state index in [1.165, 1.54) is 50.2 Å². The van der Waals surface area contributed by atoms with Crippen molar-refractivity contribution in [2.45, 2.75) is 73.1 Å². The molecule has 0 aromatic heterocycles. The maximum atomic E-state index is 3.60. The van der Waals surface area contributed by atoms with Crippen LogP contribution in [0.3, 0.4) is 0 Å². The SMILES string of the molecule is Cc1cc2c(C(C)C)cccc2[cH-]1.Cc1cc2c(C(C)C)cccc2[cH-]1.[CH2-]CCC.[CH3-].[CH3-].[Zr]. The second kappa shape index (κ2) is 16.2. The standard InChI is InChI=1S/2C13H15.C4H9.2CH3.Zr/c2*1-9(2)12-6-4-5-11-7-10(3)8-13(11)12;1-3-4-2;;;/h2*4-9H,1-3H3;1,3-4H2,2H3;2*1H3;/q5*-1;. The Kier molecular flexibility index (Phi) is 16.6. The van der Waals surface area contributed by atoms with E-state index in [-0.39, 0.29) is 41.1 Å². The summed E-state index contributed by atoms with van der Waals surface area (Å²) in [4.78, 5) is 0. The Morgan fingerprint density at radius 2 is 1.06 bits per heavy atom. The van der Waals surface area contributed by atoms with Crippen LogP contribution < -0.4 is 0 Å². The van der Waals surface area contributed by atoms with Gasteiger partial charge in [0.1, 0.15) is 0 Å². The molecule has 0 amide bonds.